The molecule has 28 heavy (non-hydrogen) atoms. The van der Waals surface area contributed by atoms with Crippen LogP contribution in [0.4, 0.5) is 0 Å². The highest BCUT2D eigenvalue weighted by Crippen LogP contribution is 2.22. The molecule has 10 heteroatoms. The Morgan fingerprint density at radius 2 is 1.68 bits per heavy atom. The molecule has 2 rings (SSSR count). The van der Waals surface area contributed by atoms with Crippen LogP contribution in [-0.4, -0.2) is 62.8 Å². The van der Waals surface area contributed by atoms with Crippen molar-refractivity contribution in [3.63, 3.8) is 0 Å². The monoisotopic (exact) mass is 454 g/mol. The van der Waals surface area contributed by atoms with Gasteiger partial charge in [0.1, 0.15) is 0 Å². The number of halogens is 2. The smallest absolute Gasteiger partial charge is 0.243 e. The van der Waals surface area contributed by atoms with E-state index in [1.54, 1.807) is 24.3 Å². The van der Waals surface area contributed by atoms with Gasteiger partial charge in [0.2, 0.25) is 15.9 Å². The number of carbonyl (C=O) groups is 1. The van der Waals surface area contributed by atoms with Crippen LogP contribution in [0.5, 0.6) is 0 Å². The molecule has 3 N–H and O–H groups in total. The molecule has 1 aliphatic rings. The zero-order valence-corrected chi connectivity index (χ0v) is 19.3. The van der Waals surface area contributed by atoms with E-state index in [1.165, 1.54) is 4.31 Å². The van der Waals surface area contributed by atoms with Gasteiger partial charge >= 0.3 is 0 Å². The number of hydrogen-bond acceptors (Lipinski definition) is 5. The van der Waals surface area contributed by atoms with E-state index in [2.05, 4.69) is 10.2 Å². The van der Waals surface area contributed by atoms with E-state index in [9.17, 15) is 13.2 Å². The maximum absolute atomic E-state index is 13.0. The van der Waals surface area contributed by atoms with Crippen molar-refractivity contribution >= 4 is 40.7 Å². The molecule has 7 nitrogen and oxygen atoms in total. The van der Waals surface area contributed by atoms with Gasteiger partial charge in [0.25, 0.3) is 0 Å². The molecule has 0 unspecified atom stereocenters. The predicted octanol–water partition coefficient (Wildman–Crippen LogP) is 1.46. The van der Waals surface area contributed by atoms with Gasteiger partial charge in [-0.15, -0.1) is 24.8 Å². The van der Waals surface area contributed by atoms with Crippen LogP contribution in [0.3, 0.4) is 0 Å². The molecule has 162 valence electrons. The van der Waals surface area contributed by atoms with Gasteiger partial charge in [-0.2, -0.15) is 4.31 Å². The van der Waals surface area contributed by atoms with E-state index in [1.807, 2.05) is 27.8 Å². The van der Waals surface area contributed by atoms with Gasteiger partial charge in [-0.3, -0.25) is 4.79 Å². The van der Waals surface area contributed by atoms with Crippen LogP contribution in [0.1, 0.15) is 26.3 Å². The SMILES string of the molecule is CN1CCN(S(=O)(=O)c2ccccc2CNC(=O)[C@@H](N)C(C)(C)C)CC1.Cl.Cl. The lowest BCUT2D eigenvalue weighted by molar-refractivity contribution is -0.124. The Labute approximate surface area is 180 Å². The maximum Gasteiger partial charge on any atom is 0.243 e. The molecule has 0 aliphatic carbocycles. The molecule has 0 spiro atoms. The van der Waals surface area contributed by atoms with Crippen molar-refractivity contribution in [3.8, 4) is 0 Å². The molecule has 1 saturated heterocycles. The van der Waals surface area contributed by atoms with Gasteiger partial charge < -0.3 is 16.0 Å². The number of hydrogen-bond donors (Lipinski definition) is 2. The van der Waals surface area contributed by atoms with Crippen LogP contribution < -0.4 is 11.1 Å². The summed E-state index contributed by atoms with van der Waals surface area (Å²) in [6, 6.07) is 6.14. The fourth-order valence-corrected chi connectivity index (χ4v) is 4.40. The first-order chi connectivity index (χ1) is 12.0. The number of sulfonamides is 1. The highest BCUT2D eigenvalue weighted by atomic mass is 35.5. The molecule has 1 amide bonds. The van der Waals surface area contributed by atoms with Gasteiger partial charge in [-0.25, -0.2) is 8.42 Å². The fraction of sp³-hybridized carbons (Fsp3) is 0.611. The minimum absolute atomic E-state index is 0. The number of carbonyl (C=O) groups excluding carboxylic acids is 1. The third kappa shape index (κ3) is 6.57. The van der Waals surface area contributed by atoms with Gasteiger partial charge in [0.15, 0.2) is 0 Å². The van der Waals surface area contributed by atoms with Gasteiger partial charge in [-0.05, 0) is 24.1 Å². The second kappa shape index (κ2) is 10.8. The lowest BCUT2D eigenvalue weighted by atomic mass is 9.87. The van der Waals surface area contributed by atoms with E-state index in [-0.39, 0.29) is 47.6 Å². The van der Waals surface area contributed by atoms with Crippen LogP contribution in [-0.2, 0) is 21.4 Å². The van der Waals surface area contributed by atoms with Crippen molar-refractivity contribution in [2.24, 2.45) is 11.1 Å². The molecule has 0 radical (unpaired) electrons. The average molecular weight is 455 g/mol. The Morgan fingerprint density at radius 1 is 1.14 bits per heavy atom. The molecule has 0 bridgehead atoms. The van der Waals surface area contributed by atoms with Gasteiger partial charge in [0.05, 0.1) is 10.9 Å². The van der Waals surface area contributed by atoms with Gasteiger partial charge in [-0.1, -0.05) is 39.0 Å². The topological polar surface area (TPSA) is 95.7 Å². The largest absolute Gasteiger partial charge is 0.351 e. The summed E-state index contributed by atoms with van der Waals surface area (Å²) in [5.74, 6) is -0.288. The second-order valence-corrected chi connectivity index (χ2v) is 9.78. The number of rotatable bonds is 5. The zero-order chi connectivity index (χ0) is 19.5. The van der Waals surface area contributed by atoms with Crippen LogP contribution in [0, 0.1) is 5.41 Å². The maximum atomic E-state index is 13.0. The van der Waals surface area contributed by atoms with E-state index in [4.69, 9.17) is 5.73 Å². The fourth-order valence-electron chi connectivity index (χ4n) is 2.75. The number of amides is 1. The molecule has 1 aliphatic heterocycles. The predicted molar refractivity (Wildman–Crippen MR) is 116 cm³/mol. The molecular formula is C18H32Cl2N4O3S. The quantitative estimate of drug-likeness (QED) is 0.701. The molecule has 1 aromatic carbocycles. The Kier molecular flexibility index (Phi) is 10.4. The Balaban J connectivity index is 0.00000364. The Bertz CT molecular complexity index is 745. The van der Waals surface area contributed by atoms with E-state index in [0.29, 0.717) is 31.7 Å². The van der Waals surface area contributed by atoms with Crippen molar-refractivity contribution in [2.75, 3.05) is 33.2 Å². The summed E-state index contributed by atoms with van der Waals surface area (Å²) in [6.07, 6.45) is 0. The number of nitrogens with two attached hydrogens (primary N) is 1. The molecular weight excluding hydrogens is 423 g/mol. The molecule has 1 heterocycles. The summed E-state index contributed by atoms with van der Waals surface area (Å²) < 4.78 is 27.6. The molecule has 1 aromatic rings. The van der Waals surface area contributed by atoms with Crippen molar-refractivity contribution in [1.29, 1.82) is 0 Å². The average Bonchev–Trinajstić information content (AvgIpc) is 2.58. The number of likely N-dealkylation sites (N-methyl/N-ethyl adjacent to an activating group) is 1. The highest BCUT2D eigenvalue weighted by Gasteiger charge is 2.30. The lowest BCUT2D eigenvalue weighted by Gasteiger charge is -2.32. The van der Waals surface area contributed by atoms with Crippen LogP contribution in [0.15, 0.2) is 29.2 Å². The second-order valence-electron chi connectivity index (χ2n) is 7.88. The van der Waals surface area contributed by atoms with Gasteiger partial charge in [0, 0.05) is 32.7 Å². The number of piperazine rings is 1. The van der Waals surface area contributed by atoms with E-state index in [0.717, 1.165) is 0 Å². The minimum Gasteiger partial charge on any atom is -0.351 e. The minimum atomic E-state index is -3.59. The standard InChI is InChI=1S/C18H30N4O3S.2ClH/c1-18(2,3)16(19)17(23)20-13-14-7-5-6-8-15(14)26(24,25)22-11-9-21(4)10-12-22;;/h5-8,16H,9-13,19H2,1-4H3,(H,20,23);2*1H/t16-;;/m1../s1. The first kappa shape index (κ1) is 27.1. The van der Waals surface area contributed by atoms with Crippen LogP contribution in [0.25, 0.3) is 0 Å². The third-order valence-corrected chi connectivity index (χ3v) is 6.72. The number of nitrogens with one attached hydrogen (secondary N) is 1. The number of nitrogens with zero attached hydrogens (tertiary/aromatic N) is 2. The lowest BCUT2D eigenvalue weighted by Crippen LogP contribution is -2.48. The summed E-state index contributed by atoms with van der Waals surface area (Å²) in [4.78, 5) is 14.6. The normalized spacial score (nSPS) is 17.2. The first-order valence-corrected chi connectivity index (χ1v) is 10.3. The van der Waals surface area contributed by atoms with Crippen molar-refractivity contribution in [1.82, 2.24) is 14.5 Å². The summed E-state index contributed by atoms with van der Waals surface area (Å²) in [5, 5.41) is 2.77. The van der Waals surface area contributed by atoms with Crippen molar-refractivity contribution in [3.05, 3.63) is 29.8 Å². The Morgan fingerprint density at radius 3 is 2.21 bits per heavy atom. The molecule has 1 atom stereocenters. The molecule has 0 saturated carbocycles. The summed E-state index contributed by atoms with van der Waals surface area (Å²) >= 11 is 0. The summed E-state index contributed by atoms with van der Waals surface area (Å²) in [6.45, 7) is 8.15. The van der Waals surface area contributed by atoms with E-state index >= 15 is 0 Å². The van der Waals surface area contributed by atoms with Crippen LogP contribution >= 0.6 is 24.8 Å². The van der Waals surface area contributed by atoms with Crippen molar-refractivity contribution < 1.29 is 13.2 Å². The molecule has 1 fully saturated rings. The summed E-state index contributed by atoms with van der Waals surface area (Å²) in [5.41, 5.74) is 6.17. The third-order valence-electron chi connectivity index (χ3n) is 4.72. The summed E-state index contributed by atoms with van der Waals surface area (Å²) in [7, 11) is -1.61. The van der Waals surface area contributed by atoms with Crippen LogP contribution in [0.2, 0.25) is 0 Å². The van der Waals surface area contributed by atoms with Crippen molar-refractivity contribution in [2.45, 2.75) is 38.3 Å². The number of benzene rings is 1. The Hall–Kier alpha value is -0.900. The highest BCUT2D eigenvalue weighted by molar-refractivity contribution is 7.89. The van der Waals surface area contributed by atoms with E-state index < -0.39 is 16.1 Å². The first-order valence-electron chi connectivity index (χ1n) is 8.83. The zero-order valence-electron chi connectivity index (χ0n) is 16.8. The molecule has 0 aromatic heterocycles.